The summed E-state index contributed by atoms with van der Waals surface area (Å²) in [5.41, 5.74) is 6.68. The molecule has 5 nitrogen and oxygen atoms in total. The average Bonchev–Trinajstić information content (AvgIpc) is 2.24. The van der Waals surface area contributed by atoms with Crippen molar-refractivity contribution < 1.29 is 8.42 Å². The Kier molecular flexibility index (Phi) is 4.79. The molecule has 0 bridgehead atoms. The van der Waals surface area contributed by atoms with E-state index in [1.165, 1.54) is 4.31 Å². The second-order valence-electron chi connectivity index (χ2n) is 3.43. The first-order valence-corrected chi connectivity index (χ1v) is 7.47. The van der Waals surface area contributed by atoms with Gasteiger partial charge in [-0.3, -0.25) is 4.72 Å². The third-order valence-corrected chi connectivity index (χ3v) is 4.67. The molecule has 0 saturated carbocycles. The summed E-state index contributed by atoms with van der Waals surface area (Å²) in [7, 11) is -3.48. The molecule has 17 heavy (non-hydrogen) atoms. The molecule has 7 heteroatoms. The molecule has 1 rings (SSSR count). The van der Waals surface area contributed by atoms with Crippen LogP contribution in [0.1, 0.15) is 13.8 Å². The summed E-state index contributed by atoms with van der Waals surface area (Å²) in [6.45, 7) is 4.45. The predicted molar refractivity (Wildman–Crippen MR) is 74.0 cm³/mol. The van der Waals surface area contributed by atoms with E-state index >= 15 is 0 Å². The Hall–Kier alpha value is -0.790. The minimum absolute atomic E-state index is 0.433. The number of hydrogen-bond acceptors (Lipinski definition) is 3. The maximum Gasteiger partial charge on any atom is 0.301 e. The summed E-state index contributed by atoms with van der Waals surface area (Å²) in [4.78, 5) is 0. The van der Waals surface area contributed by atoms with Crippen molar-refractivity contribution in [3.8, 4) is 0 Å². The number of nitrogen functional groups attached to an aromatic ring is 1. The van der Waals surface area contributed by atoms with Crippen LogP contribution in [0.3, 0.4) is 0 Å². The van der Waals surface area contributed by atoms with E-state index in [0.29, 0.717) is 28.9 Å². The number of anilines is 2. The maximum atomic E-state index is 11.9. The highest BCUT2D eigenvalue weighted by molar-refractivity contribution is 9.10. The summed E-state index contributed by atoms with van der Waals surface area (Å²) in [5, 5.41) is 0. The second-order valence-corrected chi connectivity index (χ2v) is 5.95. The maximum absolute atomic E-state index is 11.9. The lowest BCUT2D eigenvalue weighted by Gasteiger charge is -2.19. The lowest BCUT2D eigenvalue weighted by molar-refractivity contribution is 0.449. The zero-order chi connectivity index (χ0) is 13.1. The van der Waals surface area contributed by atoms with Crippen LogP contribution in [-0.4, -0.2) is 25.8 Å². The van der Waals surface area contributed by atoms with Gasteiger partial charge in [0, 0.05) is 23.2 Å². The minimum Gasteiger partial charge on any atom is -0.398 e. The monoisotopic (exact) mass is 321 g/mol. The average molecular weight is 322 g/mol. The first-order valence-electron chi connectivity index (χ1n) is 5.23. The number of rotatable bonds is 5. The largest absolute Gasteiger partial charge is 0.398 e. The van der Waals surface area contributed by atoms with E-state index in [-0.39, 0.29) is 0 Å². The van der Waals surface area contributed by atoms with E-state index in [9.17, 15) is 8.42 Å². The third-order valence-electron chi connectivity index (χ3n) is 2.29. The van der Waals surface area contributed by atoms with Crippen LogP contribution in [-0.2, 0) is 10.2 Å². The van der Waals surface area contributed by atoms with Gasteiger partial charge < -0.3 is 5.73 Å². The van der Waals surface area contributed by atoms with Gasteiger partial charge in [-0.25, -0.2) is 0 Å². The Bertz CT molecular complexity index is 486. The van der Waals surface area contributed by atoms with Crippen molar-refractivity contribution in [1.29, 1.82) is 0 Å². The van der Waals surface area contributed by atoms with E-state index in [4.69, 9.17) is 5.73 Å². The van der Waals surface area contributed by atoms with Crippen LogP contribution in [0.15, 0.2) is 22.7 Å². The van der Waals surface area contributed by atoms with Crippen molar-refractivity contribution in [2.75, 3.05) is 23.5 Å². The van der Waals surface area contributed by atoms with Crippen LogP contribution in [0.5, 0.6) is 0 Å². The quantitative estimate of drug-likeness (QED) is 0.815. The molecule has 1 aromatic carbocycles. The van der Waals surface area contributed by atoms with Crippen LogP contribution >= 0.6 is 15.9 Å². The standard InChI is InChI=1S/C10H16BrN3O2S/c1-3-14(4-2)17(15,16)13-8-5-6-10(12)9(11)7-8/h5-7,13H,3-4,12H2,1-2H3. The molecule has 0 heterocycles. The molecule has 0 spiro atoms. The lowest BCUT2D eigenvalue weighted by Crippen LogP contribution is -2.35. The molecule has 0 aliphatic heterocycles. The van der Waals surface area contributed by atoms with Gasteiger partial charge in [-0.2, -0.15) is 12.7 Å². The molecule has 0 fully saturated rings. The van der Waals surface area contributed by atoms with Crippen LogP contribution in [0.2, 0.25) is 0 Å². The topological polar surface area (TPSA) is 75.4 Å². The number of hydrogen-bond donors (Lipinski definition) is 2. The molecule has 0 unspecified atom stereocenters. The van der Waals surface area contributed by atoms with Crippen molar-refractivity contribution in [2.24, 2.45) is 0 Å². The van der Waals surface area contributed by atoms with Gasteiger partial charge in [0.1, 0.15) is 0 Å². The highest BCUT2D eigenvalue weighted by atomic mass is 79.9. The van der Waals surface area contributed by atoms with Crippen molar-refractivity contribution in [3.63, 3.8) is 0 Å². The third kappa shape index (κ3) is 3.58. The minimum atomic E-state index is -3.48. The molecule has 0 aliphatic rings. The summed E-state index contributed by atoms with van der Waals surface area (Å²) < 4.78 is 28.4. The van der Waals surface area contributed by atoms with Gasteiger partial charge in [0.25, 0.3) is 0 Å². The van der Waals surface area contributed by atoms with Crippen LogP contribution in [0.4, 0.5) is 11.4 Å². The summed E-state index contributed by atoms with van der Waals surface area (Å²) >= 11 is 3.25. The lowest BCUT2D eigenvalue weighted by atomic mass is 10.3. The van der Waals surface area contributed by atoms with Gasteiger partial charge in [0.05, 0.1) is 5.69 Å². The Labute approximate surface area is 110 Å². The van der Waals surface area contributed by atoms with E-state index in [1.807, 2.05) is 0 Å². The van der Waals surface area contributed by atoms with Gasteiger partial charge in [-0.15, -0.1) is 0 Å². The summed E-state index contributed by atoms with van der Waals surface area (Å²) in [6, 6.07) is 4.90. The van der Waals surface area contributed by atoms with Gasteiger partial charge in [-0.1, -0.05) is 13.8 Å². The molecule has 0 aromatic heterocycles. The molecule has 1 aromatic rings. The van der Waals surface area contributed by atoms with Crippen molar-refractivity contribution in [1.82, 2.24) is 4.31 Å². The van der Waals surface area contributed by atoms with Gasteiger partial charge in [0.15, 0.2) is 0 Å². The summed E-state index contributed by atoms with van der Waals surface area (Å²) in [6.07, 6.45) is 0. The number of nitrogens with two attached hydrogens (primary N) is 1. The molecule has 0 aliphatic carbocycles. The molecule has 0 atom stereocenters. The fourth-order valence-electron chi connectivity index (χ4n) is 1.37. The Morgan fingerprint density at radius 3 is 2.41 bits per heavy atom. The van der Waals surface area contributed by atoms with E-state index in [1.54, 1.807) is 32.0 Å². The normalized spacial score (nSPS) is 11.8. The number of nitrogens with zero attached hydrogens (tertiary/aromatic N) is 1. The van der Waals surface area contributed by atoms with E-state index in [2.05, 4.69) is 20.7 Å². The number of benzene rings is 1. The van der Waals surface area contributed by atoms with E-state index < -0.39 is 10.2 Å². The Morgan fingerprint density at radius 1 is 1.35 bits per heavy atom. The highest BCUT2D eigenvalue weighted by Gasteiger charge is 2.18. The summed E-state index contributed by atoms with van der Waals surface area (Å²) in [5.74, 6) is 0. The smallest absolute Gasteiger partial charge is 0.301 e. The van der Waals surface area contributed by atoms with Crippen LogP contribution in [0, 0.1) is 0 Å². The van der Waals surface area contributed by atoms with Gasteiger partial charge in [0.2, 0.25) is 0 Å². The second kappa shape index (κ2) is 5.70. The van der Waals surface area contributed by atoms with Gasteiger partial charge >= 0.3 is 10.2 Å². The van der Waals surface area contributed by atoms with Crippen molar-refractivity contribution >= 4 is 37.5 Å². The molecule has 3 N–H and O–H groups in total. The van der Waals surface area contributed by atoms with Crippen molar-refractivity contribution in [2.45, 2.75) is 13.8 Å². The Balaban J connectivity index is 2.94. The van der Waals surface area contributed by atoms with E-state index in [0.717, 1.165) is 0 Å². The fourth-order valence-corrected chi connectivity index (χ4v) is 2.98. The molecular weight excluding hydrogens is 306 g/mol. The molecular formula is C10H16BrN3O2S. The zero-order valence-electron chi connectivity index (χ0n) is 9.77. The highest BCUT2D eigenvalue weighted by Crippen LogP contribution is 2.24. The zero-order valence-corrected chi connectivity index (χ0v) is 12.2. The van der Waals surface area contributed by atoms with Crippen molar-refractivity contribution in [3.05, 3.63) is 22.7 Å². The SMILES string of the molecule is CCN(CC)S(=O)(=O)Nc1ccc(N)c(Br)c1. The fraction of sp³-hybridized carbons (Fsp3) is 0.400. The molecule has 0 radical (unpaired) electrons. The predicted octanol–water partition coefficient (Wildman–Crippen LogP) is 2.03. The van der Waals surface area contributed by atoms with Crippen LogP contribution < -0.4 is 10.5 Å². The first-order chi connectivity index (χ1) is 7.90. The molecule has 0 amide bonds. The Morgan fingerprint density at radius 2 is 1.94 bits per heavy atom. The molecule has 0 saturated heterocycles. The van der Waals surface area contributed by atoms with Gasteiger partial charge in [-0.05, 0) is 34.1 Å². The number of nitrogens with one attached hydrogen (secondary N) is 1. The number of halogens is 1. The van der Waals surface area contributed by atoms with Crippen LogP contribution in [0.25, 0.3) is 0 Å². The first kappa shape index (κ1) is 14.3. The molecule has 96 valence electrons.